The van der Waals surface area contributed by atoms with E-state index < -0.39 is 9.84 Å². The van der Waals surface area contributed by atoms with Gasteiger partial charge in [0.25, 0.3) is 0 Å². The molecule has 1 N–H and O–H groups in total. The van der Waals surface area contributed by atoms with E-state index in [1.807, 2.05) is 6.92 Å². The average Bonchev–Trinajstić information content (AvgIpc) is 3.08. The highest BCUT2D eigenvalue weighted by molar-refractivity contribution is 7.99. The zero-order valence-electron chi connectivity index (χ0n) is 17.1. The maximum atomic E-state index is 12.6. The zero-order chi connectivity index (χ0) is 22.6. The molecule has 0 saturated heterocycles. The Hall–Kier alpha value is -2.56. The number of carbonyl (C=O) groups is 1. The van der Waals surface area contributed by atoms with Crippen LogP contribution in [0.25, 0.3) is 0 Å². The van der Waals surface area contributed by atoms with Gasteiger partial charge in [-0.3, -0.25) is 4.79 Å². The lowest BCUT2D eigenvalue weighted by molar-refractivity contribution is -0.113. The minimum atomic E-state index is -3.55. The second kappa shape index (κ2) is 9.71. The van der Waals surface area contributed by atoms with Crippen LogP contribution in [0.3, 0.4) is 0 Å². The summed E-state index contributed by atoms with van der Waals surface area (Å²) in [6.07, 6.45) is 0. The Morgan fingerprint density at radius 1 is 1.23 bits per heavy atom. The summed E-state index contributed by atoms with van der Waals surface area (Å²) in [4.78, 5) is 12.6. The first-order valence-corrected chi connectivity index (χ1v) is 12.2. The number of hydrogen-bond donors (Lipinski definition) is 1. The van der Waals surface area contributed by atoms with Crippen molar-refractivity contribution in [2.45, 2.75) is 22.7 Å². The Labute approximate surface area is 189 Å². The summed E-state index contributed by atoms with van der Waals surface area (Å²) >= 11 is 7.24. The molecule has 11 heteroatoms. The van der Waals surface area contributed by atoms with E-state index in [9.17, 15) is 13.2 Å². The number of anilines is 1. The van der Waals surface area contributed by atoms with Crippen molar-refractivity contribution >= 4 is 44.8 Å². The van der Waals surface area contributed by atoms with Crippen molar-refractivity contribution in [2.24, 2.45) is 7.05 Å². The zero-order valence-corrected chi connectivity index (χ0v) is 19.5. The van der Waals surface area contributed by atoms with E-state index in [0.717, 1.165) is 17.3 Å². The molecule has 0 unspecified atom stereocenters. The lowest BCUT2D eigenvalue weighted by atomic mass is 10.2. The molecule has 0 fully saturated rings. The highest BCUT2D eigenvalue weighted by atomic mass is 35.5. The summed E-state index contributed by atoms with van der Waals surface area (Å²) in [5.41, 5.74) is 1.32. The maximum absolute atomic E-state index is 12.6. The predicted molar refractivity (Wildman–Crippen MR) is 120 cm³/mol. The molecule has 0 aliphatic heterocycles. The summed E-state index contributed by atoms with van der Waals surface area (Å²) in [6.45, 7) is 1.83. The number of hydrogen-bond acceptors (Lipinski definition) is 7. The fourth-order valence-corrected chi connectivity index (χ4v) is 4.94. The smallest absolute Gasteiger partial charge is 0.234 e. The topological polar surface area (TPSA) is 103 Å². The van der Waals surface area contributed by atoms with Crippen LogP contribution in [0.1, 0.15) is 11.4 Å². The highest BCUT2D eigenvalue weighted by Gasteiger charge is 2.20. The Bertz CT molecular complexity index is 1200. The molecular formula is C20H21ClN4O4S2. The molecule has 1 amide bonds. The quantitative estimate of drug-likeness (QED) is 0.492. The Kier molecular flexibility index (Phi) is 7.24. The van der Waals surface area contributed by atoms with Gasteiger partial charge in [-0.05, 0) is 30.7 Å². The molecule has 0 aliphatic rings. The molecule has 0 radical (unpaired) electrons. The van der Waals surface area contributed by atoms with Crippen LogP contribution in [0, 0.1) is 6.92 Å². The molecule has 1 aromatic heterocycles. The largest absolute Gasteiger partial charge is 0.495 e. The minimum absolute atomic E-state index is 0.0578. The van der Waals surface area contributed by atoms with Crippen LogP contribution in [0.4, 0.5) is 5.69 Å². The number of amides is 1. The van der Waals surface area contributed by atoms with Crippen molar-refractivity contribution in [1.29, 1.82) is 0 Å². The SMILES string of the molecule is COc1cc(Cl)c(C)cc1NC(=O)CSc1nnc(CS(=O)(=O)c2ccccc2)n1C. The van der Waals surface area contributed by atoms with Crippen molar-refractivity contribution < 1.29 is 17.9 Å². The molecule has 3 aromatic rings. The number of methoxy groups -OCH3 is 1. The molecule has 0 saturated carbocycles. The van der Waals surface area contributed by atoms with E-state index in [4.69, 9.17) is 16.3 Å². The third-order valence-corrected chi connectivity index (χ3v) is 7.49. The lowest BCUT2D eigenvalue weighted by Gasteiger charge is -2.12. The molecule has 31 heavy (non-hydrogen) atoms. The number of sulfone groups is 1. The number of benzene rings is 2. The number of rotatable bonds is 8. The molecule has 1 heterocycles. The summed E-state index contributed by atoms with van der Waals surface area (Å²) in [5, 5.41) is 11.8. The molecule has 164 valence electrons. The number of nitrogens with one attached hydrogen (secondary N) is 1. The van der Waals surface area contributed by atoms with Crippen molar-refractivity contribution in [2.75, 3.05) is 18.2 Å². The monoisotopic (exact) mass is 480 g/mol. The maximum Gasteiger partial charge on any atom is 0.234 e. The van der Waals surface area contributed by atoms with E-state index in [0.29, 0.717) is 27.4 Å². The third kappa shape index (κ3) is 5.57. The summed E-state index contributed by atoms with van der Waals surface area (Å²) in [6, 6.07) is 11.5. The van der Waals surface area contributed by atoms with Crippen LogP contribution in [0.5, 0.6) is 5.75 Å². The fourth-order valence-electron chi connectivity index (χ4n) is 2.72. The molecule has 0 spiro atoms. The third-order valence-electron chi connectivity index (χ3n) is 4.43. The van der Waals surface area contributed by atoms with Crippen molar-refractivity contribution in [3.05, 3.63) is 58.9 Å². The average molecular weight is 481 g/mol. The number of carbonyl (C=O) groups excluding carboxylic acids is 1. The highest BCUT2D eigenvalue weighted by Crippen LogP contribution is 2.31. The van der Waals surface area contributed by atoms with Crippen LogP contribution in [-0.2, 0) is 27.4 Å². The van der Waals surface area contributed by atoms with Gasteiger partial charge >= 0.3 is 0 Å². The lowest BCUT2D eigenvalue weighted by Crippen LogP contribution is -2.15. The number of ether oxygens (including phenoxy) is 1. The second-order valence-corrected chi connectivity index (χ2v) is 10.0. The Morgan fingerprint density at radius 3 is 2.61 bits per heavy atom. The van der Waals surface area contributed by atoms with Crippen LogP contribution >= 0.6 is 23.4 Å². The van der Waals surface area contributed by atoms with Crippen LogP contribution < -0.4 is 10.1 Å². The van der Waals surface area contributed by atoms with Gasteiger partial charge in [-0.2, -0.15) is 0 Å². The molecular weight excluding hydrogens is 460 g/mol. The van der Waals surface area contributed by atoms with Crippen molar-refractivity contribution in [3.63, 3.8) is 0 Å². The van der Waals surface area contributed by atoms with E-state index >= 15 is 0 Å². The van der Waals surface area contributed by atoms with Gasteiger partial charge in [0, 0.05) is 18.1 Å². The van der Waals surface area contributed by atoms with Gasteiger partial charge in [0.1, 0.15) is 17.3 Å². The number of thioether (sulfide) groups is 1. The molecule has 0 atom stereocenters. The van der Waals surface area contributed by atoms with Crippen LogP contribution in [-0.4, -0.2) is 42.0 Å². The molecule has 3 rings (SSSR count). The first-order chi connectivity index (χ1) is 14.7. The summed E-state index contributed by atoms with van der Waals surface area (Å²) in [7, 11) is -0.382. The van der Waals surface area contributed by atoms with Gasteiger partial charge in [0.2, 0.25) is 5.91 Å². The van der Waals surface area contributed by atoms with E-state index in [-0.39, 0.29) is 22.3 Å². The predicted octanol–water partition coefficient (Wildman–Crippen LogP) is 3.49. The molecule has 0 bridgehead atoms. The minimum Gasteiger partial charge on any atom is -0.495 e. The Morgan fingerprint density at radius 2 is 1.94 bits per heavy atom. The first kappa shape index (κ1) is 23.1. The Balaban J connectivity index is 1.65. The normalized spacial score (nSPS) is 11.4. The number of aromatic nitrogens is 3. The number of aryl methyl sites for hydroxylation is 1. The summed E-state index contributed by atoms with van der Waals surface area (Å²) in [5.74, 6) is 0.255. The van der Waals surface area contributed by atoms with Gasteiger partial charge in [0.15, 0.2) is 15.0 Å². The molecule has 2 aromatic carbocycles. The van der Waals surface area contributed by atoms with E-state index in [1.54, 1.807) is 54.1 Å². The van der Waals surface area contributed by atoms with Crippen molar-refractivity contribution in [1.82, 2.24) is 14.8 Å². The van der Waals surface area contributed by atoms with Gasteiger partial charge in [-0.1, -0.05) is 41.6 Å². The van der Waals surface area contributed by atoms with Crippen LogP contribution in [0.15, 0.2) is 52.5 Å². The standard InChI is InChI=1S/C20H21ClN4O4S2/c1-13-9-16(17(29-3)10-15(13)21)22-19(26)11-30-20-24-23-18(25(20)2)12-31(27,28)14-7-5-4-6-8-14/h4-10H,11-12H2,1-3H3,(H,22,26). The number of halogens is 1. The van der Waals surface area contributed by atoms with Gasteiger partial charge in [0.05, 0.1) is 23.4 Å². The van der Waals surface area contributed by atoms with E-state index in [2.05, 4.69) is 15.5 Å². The second-order valence-electron chi connectivity index (χ2n) is 6.67. The molecule has 8 nitrogen and oxygen atoms in total. The van der Waals surface area contributed by atoms with Gasteiger partial charge in [-0.25, -0.2) is 8.42 Å². The summed E-state index contributed by atoms with van der Waals surface area (Å²) < 4.78 is 32.0. The van der Waals surface area contributed by atoms with Crippen LogP contribution in [0.2, 0.25) is 5.02 Å². The fraction of sp³-hybridized carbons (Fsp3) is 0.250. The number of nitrogens with zero attached hydrogens (tertiary/aromatic N) is 3. The van der Waals surface area contributed by atoms with Gasteiger partial charge < -0.3 is 14.6 Å². The first-order valence-electron chi connectivity index (χ1n) is 9.14. The van der Waals surface area contributed by atoms with Gasteiger partial charge in [-0.15, -0.1) is 10.2 Å². The van der Waals surface area contributed by atoms with E-state index in [1.165, 1.54) is 7.11 Å². The molecule has 0 aliphatic carbocycles. The van der Waals surface area contributed by atoms with Crippen molar-refractivity contribution in [3.8, 4) is 5.75 Å².